The maximum atomic E-state index is 11.9. The number of nitrogens with zero attached hydrogens (tertiary/aromatic N) is 1. The van der Waals surface area contributed by atoms with Crippen molar-refractivity contribution < 1.29 is 13.2 Å². The number of hydrogen-bond donors (Lipinski definition) is 1. The molecule has 2 heterocycles. The second-order valence-corrected chi connectivity index (χ2v) is 9.20. The summed E-state index contributed by atoms with van der Waals surface area (Å²) in [5, 5.41) is 3.88. The molecule has 2 aliphatic heterocycles. The van der Waals surface area contributed by atoms with E-state index in [1.807, 2.05) is 36.1 Å². The molecule has 0 aliphatic carbocycles. The Balaban J connectivity index is 1.75. The Kier molecular flexibility index (Phi) is 5.42. The Morgan fingerprint density at radius 1 is 1.38 bits per heavy atom. The molecular weight excluding hydrogens is 344 g/mol. The number of rotatable bonds is 4. The van der Waals surface area contributed by atoms with Crippen molar-refractivity contribution in [1.82, 2.24) is 4.90 Å². The smallest absolute Gasteiger partial charge is 0.173 e. The van der Waals surface area contributed by atoms with Crippen LogP contribution in [-0.4, -0.2) is 55.2 Å². The van der Waals surface area contributed by atoms with Crippen LogP contribution in [-0.2, 0) is 14.6 Å². The third kappa shape index (κ3) is 4.26. The van der Waals surface area contributed by atoms with Crippen LogP contribution >= 0.6 is 12.2 Å². The standard InChI is InChI=1S/C17H24N2O3S2/c1-13-5-2-3-7-16(13)18-17(23)19(11-15-6-4-9-22-15)14-8-10-24(20,21)12-14/h2-3,5,7,14-15H,4,6,8-12H2,1H3,(H,18,23)/t14-,15+/m1/s1. The number of aryl methyl sites for hydroxylation is 1. The van der Waals surface area contributed by atoms with Gasteiger partial charge in [0, 0.05) is 24.9 Å². The van der Waals surface area contributed by atoms with Crippen molar-refractivity contribution >= 4 is 32.9 Å². The molecule has 24 heavy (non-hydrogen) atoms. The van der Waals surface area contributed by atoms with Crippen molar-refractivity contribution in [2.24, 2.45) is 0 Å². The third-order valence-corrected chi connectivity index (χ3v) is 6.81. The van der Waals surface area contributed by atoms with Gasteiger partial charge in [0.1, 0.15) is 0 Å². The van der Waals surface area contributed by atoms with Crippen LogP contribution in [0.4, 0.5) is 5.69 Å². The molecule has 2 atom stereocenters. The van der Waals surface area contributed by atoms with Crippen molar-refractivity contribution in [1.29, 1.82) is 0 Å². The molecule has 0 aromatic heterocycles. The van der Waals surface area contributed by atoms with Gasteiger partial charge < -0.3 is 15.0 Å². The number of para-hydroxylation sites is 1. The first-order valence-corrected chi connectivity index (χ1v) is 10.6. The Morgan fingerprint density at radius 3 is 2.79 bits per heavy atom. The van der Waals surface area contributed by atoms with Crippen LogP contribution in [0.2, 0.25) is 0 Å². The van der Waals surface area contributed by atoms with Crippen LogP contribution in [0.15, 0.2) is 24.3 Å². The lowest BCUT2D eigenvalue weighted by atomic mass is 10.1. The summed E-state index contributed by atoms with van der Waals surface area (Å²) in [6.45, 7) is 3.45. The van der Waals surface area contributed by atoms with E-state index in [4.69, 9.17) is 17.0 Å². The van der Waals surface area contributed by atoms with Gasteiger partial charge in [-0.15, -0.1) is 0 Å². The van der Waals surface area contributed by atoms with Crippen molar-refractivity contribution in [3.63, 3.8) is 0 Å². The van der Waals surface area contributed by atoms with Gasteiger partial charge in [-0.1, -0.05) is 18.2 Å². The summed E-state index contributed by atoms with van der Waals surface area (Å²) in [5.41, 5.74) is 2.07. The highest BCUT2D eigenvalue weighted by Crippen LogP contribution is 2.23. The van der Waals surface area contributed by atoms with Crippen LogP contribution in [0.1, 0.15) is 24.8 Å². The lowest BCUT2D eigenvalue weighted by Crippen LogP contribution is -2.47. The van der Waals surface area contributed by atoms with E-state index >= 15 is 0 Å². The van der Waals surface area contributed by atoms with E-state index in [1.54, 1.807) is 0 Å². The lowest BCUT2D eigenvalue weighted by molar-refractivity contribution is 0.0851. The molecule has 0 radical (unpaired) electrons. The van der Waals surface area contributed by atoms with Crippen molar-refractivity contribution in [2.75, 3.05) is 30.0 Å². The fourth-order valence-electron chi connectivity index (χ4n) is 3.33. The Bertz CT molecular complexity index is 700. The topological polar surface area (TPSA) is 58.6 Å². The highest BCUT2D eigenvalue weighted by atomic mass is 32.2. The fourth-order valence-corrected chi connectivity index (χ4v) is 5.39. The minimum Gasteiger partial charge on any atom is -0.376 e. The van der Waals surface area contributed by atoms with E-state index in [0.29, 0.717) is 18.1 Å². The summed E-state index contributed by atoms with van der Waals surface area (Å²) >= 11 is 5.63. The Hall–Kier alpha value is -1.18. The van der Waals surface area contributed by atoms with E-state index in [2.05, 4.69) is 5.32 Å². The molecule has 132 valence electrons. The molecule has 7 heteroatoms. The molecule has 5 nitrogen and oxygen atoms in total. The summed E-state index contributed by atoms with van der Waals surface area (Å²) < 4.78 is 29.5. The van der Waals surface area contributed by atoms with Gasteiger partial charge in [0.2, 0.25) is 0 Å². The molecule has 2 saturated heterocycles. The predicted octanol–water partition coefficient (Wildman–Crippen LogP) is 2.36. The molecule has 0 bridgehead atoms. The summed E-state index contributed by atoms with van der Waals surface area (Å²) in [6.07, 6.45) is 2.82. The zero-order valence-corrected chi connectivity index (χ0v) is 15.5. The van der Waals surface area contributed by atoms with Crippen LogP contribution in [0.3, 0.4) is 0 Å². The molecule has 1 N–H and O–H groups in total. The quantitative estimate of drug-likeness (QED) is 0.824. The average Bonchev–Trinajstić information content (AvgIpc) is 3.16. The summed E-state index contributed by atoms with van der Waals surface area (Å²) in [6, 6.07) is 7.88. The van der Waals surface area contributed by atoms with Gasteiger partial charge in [-0.05, 0) is 50.0 Å². The second-order valence-electron chi connectivity index (χ2n) is 6.59. The molecule has 0 saturated carbocycles. The first-order chi connectivity index (χ1) is 11.4. The SMILES string of the molecule is Cc1ccccc1NC(=S)N(C[C@@H]1CCCO1)[C@@H]1CCS(=O)(=O)C1. The number of thiocarbonyl (C=S) groups is 1. The molecule has 1 aromatic rings. The highest BCUT2D eigenvalue weighted by Gasteiger charge is 2.35. The first-order valence-electron chi connectivity index (χ1n) is 8.40. The zero-order chi connectivity index (χ0) is 17.2. The largest absolute Gasteiger partial charge is 0.376 e. The molecule has 2 fully saturated rings. The number of ether oxygens (including phenoxy) is 1. The number of sulfone groups is 1. The zero-order valence-electron chi connectivity index (χ0n) is 13.9. The molecule has 0 unspecified atom stereocenters. The van der Waals surface area contributed by atoms with Gasteiger partial charge in [-0.25, -0.2) is 8.42 Å². The van der Waals surface area contributed by atoms with Crippen molar-refractivity contribution in [2.45, 2.75) is 38.3 Å². The number of anilines is 1. The molecule has 0 spiro atoms. The third-order valence-electron chi connectivity index (χ3n) is 4.72. The first kappa shape index (κ1) is 17.6. The predicted molar refractivity (Wildman–Crippen MR) is 100 cm³/mol. The fraction of sp³-hybridized carbons (Fsp3) is 0.588. The molecule has 1 aromatic carbocycles. The second kappa shape index (κ2) is 7.37. The summed E-state index contributed by atoms with van der Waals surface area (Å²) in [7, 11) is -2.96. The van der Waals surface area contributed by atoms with Crippen LogP contribution in [0.25, 0.3) is 0 Å². The van der Waals surface area contributed by atoms with Crippen LogP contribution < -0.4 is 5.32 Å². The van der Waals surface area contributed by atoms with Gasteiger partial charge in [0.25, 0.3) is 0 Å². The minimum atomic E-state index is -2.96. The number of nitrogens with one attached hydrogen (secondary N) is 1. The van der Waals surface area contributed by atoms with E-state index in [1.165, 1.54) is 0 Å². The Morgan fingerprint density at radius 2 is 2.17 bits per heavy atom. The molecule has 3 rings (SSSR count). The maximum Gasteiger partial charge on any atom is 0.173 e. The number of hydrogen-bond acceptors (Lipinski definition) is 4. The van der Waals surface area contributed by atoms with Crippen LogP contribution in [0, 0.1) is 6.92 Å². The van der Waals surface area contributed by atoms with E-state index in [-0.39, 0.29) is 23.7 Å². The van der Waals surface area contributed by atoms with Gasteiger partial charge in [0.15, 0.2) is 14.9 Å². The van der Waals surface area contributed by atoms with Gasteiger partial charge in [0.05, 0.1) is 17.6 Å². The normalized spacial score (nSPS) is 25.5. The Labute approximate surface area is 149 Å². The average molecular weight is 369 g/mol. The minimum absolute atomic E-state index is 0.0665. The van der Waals surface area contributed by atoms with Gasteiger partial charge >= 0.3 is 0 Å². The van der Waals surface area contributed by atoms with Gasteiger partial charge in [-0.2, -0.15) is 0 Å². The maximum absolute atomic E-state index is 11.9. The van der Waals surface area contributed by atoms with Crippen LogP contribution in [0.5, 0.6) is 0 Å². The summed E-state index contributed by atoms with van der Waals surface area (Å²) in [5.74, 6) is 0.419. The number of benzene rings is 1. The van der Waals surface area contributed by atoms with E-state index in [9.17, 15) is 8.42 Å². The van der Waals surface area contributed by atoms with Crippen molar-refractivity contribution in [3.05, 3.63) is 29.8 Å². The van der Waals surface area contributed by atoms with E-state index < -0.39 is 9.84 Å². The van der Waals surface area contributed by atoms with Gasteiger partial charge in [-0.3, -0.25) is 0 Å². The lowest BCUT2D eigenvalue weighted by Gasteiger charge is -2.33. The highest BCUT2D eigenvalue weighted by molar-refractivity contribution is 7.91. The monoisotopic (exact) mass is 368 g/mol. The molecule has 0 amide bonds. The van der Waals surface area contributed by atoms with Crippen molar-refractivity contribution in [3.8, 4) is 0 Å². The summed E-state index contributed by atoms with van der Waals surface area (Å²) in [4.78, 5) is 2.03. The molecule has 2 aliphatic rings. The molecular formula is C17H24N2O3S2. The van der Waals surface area contributed by atoms with E-state index in [0.717, 1.165) is 30.7 Å².